The molecule has 0 amide bonds. The molecule has 4 rings (SSSR count). The summed E-state index contributed by atoms with van der Waals surface area (Å²) in [6.07, 6.45) is 5.22. The number of imidazole rings is 2. The van der Waals surface area contributed by atoms with Crippen LogP contribution in [0.5, 0.6) is 0 Å². The van der Waals surface area contributed by atoms with Gasteiger partial charge in [-0.05, 0) is 12.1 Å². The van der Waals surface area contributed by atoms with Gasteiger partial charge in [0.1, 0.15) is 5.69 Å². The van der Waals surface area contributed by atoms with Gasteiger partial charge in [-0.15, -0.1) is 10.2 Å². The van der Waals surface area contributed by atoms with E-state index in [1.165, 1.54) is 0 Å². The lowest BCUT2D eigenvalue weighted by Crippen LogP contribution is -2.01. The molecule has 9 nitrogen and oxygen atoms in total. The van der Waals surface area contributed by atoms with Gasteiger partial charge in [0, 0.05) is 37.7 Å². The standard InChI is InChI=1S/C18H15N7.CH2O2/c1-25-12-11-20-18(25)24-23-17-15(13-7-3-2-4-8-13)21-16(22-17)14-9-5-6-10-19-14;2-1-3/h2-12H,1H3,(H,21,22);1H,(H,2,3)/p-1. The number of nitrogens with one attached hydrogen (secondary N) is 1. The van der Waals surface area contributed by atoms with Crippen molar-refractivity contribution in [3.8, 4) is 22.8 Å². The number of carbonyl (C=O) groups excluding carboxylic acids is 1. The maximum atomic E-state index is 8.25. The maximum absolute atomic E-state index is 8.25. The number of rotatable bonds is 4. The smallest absolute Gasteiger partial charge is 0.249 e. The first kappa shape index (κ1) is 18.6. The van der Waals surface area contributed by atoms with Crippen LogP contribution in [0, 0.1) is 0 Å². The molecular formula is C19H16N7O2-. The van der Waals surface area contributed by atoms with Gasteiger partial charge in [-0.25, -0.2) is 9.97 Å². The lowest BCUT2D eigenvalue weighted by molar-refractivity contribution is -0.283. The zero-order valence-corrected chi connectivity index (χ0v) is 14.9. The van der Waals surface area contributed by atoms with Gasteiger partial charge in [0.05, 0.1) is 5.69 Å². The maximum Gasteiger partial charge on any atom is 0.249 e. The van der Waals surface area contributed by atoms with Crippen LogP contribution in [0.15, 0.2) is 77.3 Å². The van der Waals surface area contributed by atoms with E-state index in [9.17, 15) is 0 Å². The summed E-state index contributed by atoms with van der Waals surface area (Å²) in [5.41, 5.74) is 2.52. The minimum atomic E-state index is -0.500. The van der Waals surface area contributed by atoms with Gasteiger partial charge in [-0.1, -0.05) is 36.4 Å². The van der Waals surface area contributed by atoms with Crippen LogP contribution >= 0.6 is 0 Å². The van der Waals surface area contributed by atoms with Crippen molar-refractivity contribution in [1.82, 2.24) is 24.5 Å². The van der Waals surface area contributed by atoms with Gasteiger partial charge in [-0.2, -0.15) is 0 Å². The fourth-order valence-electron chi connectivity index (χ4n) is 2.41. The number of benzene rings is 1. The quantitative estimate of drug-likeness (QED) is 0.434. The van der Waals surface area contributed by atoms with E-state index < -0.39 is 6.47 Å². The van der Waals surface area contributed by atoms with Crippen molar-refractivity contribution < 1.29 is 9.90 Å². The number of hydrogen-bond acceptors (Lipinski definition) is 7. The Morgan fingerprint density at radius 1 is 1.04 bits per heavy atom. The molecule has 0 radical (unpaired) electrons. The summed E-state index contributed by atoms with van der Waals surface area (Å²) in [7, 11) is 1.86. The van der Waals surface area contributed by atoms with Crippen LogP contribution in [0.3, 0.4) is 0 Å². The van der Waals surface area contributed by atoms with Crippen LogP contribution in [-0.4, -0.2) is 31.0 Å². The third-order valence-electron chi connectivity index (χ3n) is 3.68. The Balaban J connectivity index is 0.000000706. The molecule has 1 N–H and O–H groups in total. The minimum absolute atomic E-state index is 0.495. The molecule has 3 aromatic heterocycles. The topological polar surface area (TPSA) is 124 Å². The number of carbonyl (C=O) groups is 1. The van der Waals surface area contributed by atoms with Crippen LogP contribution in [0.4, 0.5) is 11.8 Å². The predicted molar refractivity (Wildman–Crippen MR) is 101 cm³/mol. The molecule has 0 saturated carbocycles. The molecule has 0 aliphatic heterocycles. The second-order valence-corrected chi connectivity index (χ2v) is 5.50. The van der Waals surface area contributed by atoms with Crippen molar-refractivity contribution in [2.45, 2.75) is 0 Å². The van der Waals surface area contributed by atoms with Crippen LogP contribution in [0.25, 0.3) is 22.8 Å². The zero-order valence-electron chi connectivity index (χ0n) is 14.9. The highest BCUT2D eigenvalue weighted by atomic mass is 16.3. The molecule has 0 spiro atoms. The van der Waals surface area contributed by atoms with E-state index in [1.807, 2.05) is 61.8 Å². The van der Waals surface area contributed by atoms with Crippen molar-refractivity contribution in [2.24, 2.45) is 17.3 Å². The van der Waals surface area contributed by atoms with Crippen molar-refractivity contribution >= 4 is 18.2 Å². The molecular weight excluding hydrogens is 358 g/mol. The molecule has 9 heteroatoms. The van der Waals surface area contributed by atoms with Gasteiger partial charge >= 0.3 is 0 Å². The molecule has 0 atom stereocenters. The number of aromatic nitrogens is 5. The number of aryl methyl sites for hydroxylation is 1. The second kappa shape index (κ2) is 8.99. The molecule has 0 bridgehead atoms. The van der Waals surface area contributed by atoms with Gasteiger partial charge in [-0.3, -0.25) is 4.98 Å². The molecule has 4 aromatic rings. The number of carboxylic acid groups (broad SMARTS) is 1. The Bertz CT molecular complexity index is 1060. The molecule has 1 aromatic carbocycles. The molecule has 0 saturated heterocycles. The molecule has 0 aliphatic rings. The molecule has 0 unspecified atom stereocenters. The van der Waals surface area contributed by atoms with Gasteiger partial charge in [0.15, 0.2) is 5.82 Å². The van der Waals surface area contributed by atoms with Gasteiger partial charge in [0.2, 0.25) is 11.8 Å². The van der Waals surface area contributed by atoms with E-state index in [-0.39, 0.29) is 0 Å². The number of pyridine rings is 1. The first-order valence-corrected chi connectivity index (χ1v) is 8.24. The summed E-state index contributed by atoms with van der Waals surface area (Å²) in [6.45, 7) is -0.500. The summed E-state index contributed by atoms with van der Waals surface area (Å²) in [4.78, 5) is 24.6. The summed E-state index contributed by atoms with van der Waals surface area (Å²) >= 11 is 0. The average Bonchev–Trinajstić information content (AvgIpc) is 3.34. The van der Waals surface area contributed by atoms with Crippen molar-refractivity contribution in [2.75, 3.05) is 0 Å². The lowest BCUT2D eigenvalue weighted by Gasteiger charge is -1.98. The third-order valence-corrected chi connectivity index (χ3v) is 3.68. The van der Waals surface area contributed by atoms with Crippen molar-refractivity contribution in [1.29, 1.82) is 0 Å². The molecule has 0 fully saturated rings. The Hall–Kier alpha value is -4.14. The monoisotopic (exact) mass is 374 g/mol. The Morgan fingerprint density at radius 2 is 1.79 bits per heavy atom. The molecule has 0 aliphatic carbocycles. The fraction of sp³-hybridized carbons (Fsp3) is 0.0526. The van der Waals surface area contributed by atoms with Crippen molar-refractivity contribution in [3.05, 3.63) is 67.1 Å². The SMILES string of the molecule is Cn1ccnc1N=Nc1nc(-c2ccccn2)[nH]c1-c1ccccc1.O=C[O-]. The Kier molecular flexibility index (Phi) is 5.99. The first-order valence-electron chi connectivity index (χ1n) is 8.24. The molecule has 28 heavy (non-hydrogen) atoms. The molecule has 140 valence electrons. The number of azo groups is 1. The van der Waals surface area contributed by atoms with E-state index in [4.69, 9.17) is 9.90 Å². The predicted octanol–water partition coefficient (Wildman–Crippen LogP) is 2.65. The van der Waals surface area contributed by atoms with Crippen LogP contribution in [-0.2, 0) is 11.8 Å². The molecule has 3 heterocycles. The second-order valence-electron chi connectivity index (χ2n) is 5.50. The van der Waals surface area contributed by atoms with Gasteiger partial charge < -0.3 is 19.5 Å². The Labute approximate surface area is 160 Å². The van der Waals surface area contributed by atoms with Crippen LogP contribution < -0.4 is 5.11 Å². The fourth-order valence-corrected chi connectivity index (χ4v) is 2.41. The van der Waals surface area contributed by atoms with Gasteiger partial charge in [0.25, 0.3) is 0 Å². The van der Waals surface area contributed by atoms with E-state index >= 15 is 0 Å². The van der Waals surface area contributed by atoms with Crippen molar-refractivity contribution in [3.63, 3.8) is 0 Å². The van der Waals surface area contributed by atoms with Crippen LogP contribution in [0.1, 0.15) is 0 Å². The minimum Gasteiger partial charge on any atom is -0.554 e. The number of nitrogens with zero attached hydrogens (tertiary/aromatic N) is 6. The van der Waals surface area contributed by atoms with Crippen LogP contribution in [0.2, 0.25) is 0 Å². The summed E-state index contributed by atoms with van der Waals surface area (Å²) in [6, 6.07) is 15.6. The van der Waals surface area contributed by atoms with E-state index in [0.717, 1.165) is 17.0 Å². The third kappa shape index (κ3) is 4.33. The zero-order chi connectivity index (χ0) is 19.8. The van der Waals surface area contributed by atoms with E-state index in [0.29, 0.717) is 17.6 Å². The van der Waals surface area contributed by atoms with E-state index in [1.54, 1.807) is 17.0 Å². The normalized spacial score (nSPS) is 10.5. The Morgan fingerprint density at radius 3 is 2.43 bits per heavy atom. The lowest BCUT2D eigenvalue weighted by atomic mass is 10.1. The average molecular weight is 374 g/mol. The highest BCUT2D eigenvalue weighted by molar-refractivity contribution is 5.73. The largest absolute Gasteiger partial charge is 0.554 e. The highest BCUT2D eigenvalue weighted by Crippen LogP contribution is 2.31. The number of aromatic amines is 1. The summed E-state index contributed by atoms with van der Waals surface area (Å²) in [5.74, 6) is 1.66. The number of H-pyrrole nitrogens is 1. The summed E-state index contributed by atoms with van der Waals surface area (Å²) in [5, 5.41) is 16.8. The number of hydrogen-bond donors (Lipinski definition) is 1. The first-order chi connectivity index (χ1) is 13.7. The van der Waals surface area contributed by atoms with E-state index in [2.05, 4.69) is 30.2 Å². The summed E-state index contributed by atoms with van der Waals surface area (Å²) < 4.78 is 1.79. The highest BCUT2D eigenvalue weighted by Gasteiger charge is 2.14.